The van der Waals surface area contributed by atoms with Crippen LogP contribution in [-0.2, 0) is 14.1 Å². The SMILES string of the molecule is Cn1c2ccccc2c2c3c(ccc21)sc1ccccc13.Cn1c2ccccc2c2cc3c4ccccc4n(-c4ccccc4)c3cc21.c1ccc(-n2c3ccccc3c3cc4c(cc32)oc2ccccc24)cc1.c1ccc(-n2c3ccccc3c3cc4c(cc32)sc2ccccc24)cc1.c1ccc(-n2c3ccccc3c3cc4c5ccccc5n(-c5ccccc5)c4cc32)cc1. The molecular weight excluding hydrogens is 1640 g/mol. The molecule has 0 saturated heterocycles. The molecule has 10 aromatic heterocycles. The van der Waals surface area contributed by atoms with Crippen LogP contribution in [0.2, 0.25) is 0 Å². The Balaban J connectivity index is 0.0000000869. The molecule has 20 aromatic carbocycles. The lowest BCUT2D eigenvalue weighted by atomic mass is 10.1. The van der Waals surface area contributed by atoms with Crippen LogP contribution in [0.1, 0.15) is 0 Å². The van der Waals surface area contributed by atoms with Gasteiger partial charge in [0.2, 0.25) is 0 Å². The van der Waals surface area contributed by atoms with Gasteiger partial charge in [0.05, 0.1) is 60.7 Å². The fourth-order valence-electron chi connectivity index (χ4n) is 21.2. The van der Waals surface area contributed by atoms with Crippen LogP contribution in [0.4, 0.5) is 0 Å². The molecule has 0 aliphatic rings. The molecule has 0 spiro atoms. The van der Waals surface area contributed by atoms with Crippen molar-refractivity contribution in [1.82, 2.24) is 32.0 Å². The Morgan fingerprint density at radius 2 is 0.439 bits per heavy atom. The molecule has 10 heteroatoms. The zero-order valence-electron chi connectivity index (χ0n) is 72.2. The van der Waals surface area contributed by atoms with Gasteiger partial charge in [-0.2, -0.15) is 0 Å². The number of fused-ring (bicyclic) bond motifs is 31. The fourth-order valence-corrected chi connectivity index (χ4v) is 23.4. The lowest BCUT2D eigenvalue weighted by Gasteiger charge is -2.10. The van der Waals surface area contributed by atoms with Crippen LogP contribution < -0.4 is 0 Å². The van der Waals surface area contributed by atoms with Crippen molar-refractivity contribution in [2.45, 2.75) is 0 Å². The van der Waals surface area contributed by atoms with Crippen molar-refractivity contribution < 1.29 is 4.42 Å². The Labute approximate surface area is 765 Å². The molecule has 0 fully saturated rings. The van der Waals surface area contributed by atoms with Crippen LogP contribution in [0, 0.1) is 0 Å². The van der Waals surface area contributed by atoms with Gasteiger partial charge in [0.1, 0.15) is 11.2 Å². The number of para-hydroxylation sites is 13. The maximum Gasteiger partial charge on any atom is 0.137 e. The summed E-state index contributed by atoms with van der Waals surface area (Å²) in [5.41, 5.74) is 25.3. The average molecular weight is 1730 g/mol. The van der Waals surface area contributed by atoms with E-state index >= 15 is 0 Å². The normalized spacial score (nSPS) is 11.9. The molecule has 30 aromatic rings. The van der Waals surface area contributed by atoms with E-state index in [9.17, 15) is 0 Å². The monoisotopic (exact) mass is 1720 g/mol. The first kappa shape index (κ1) is 76.5. The van der Waals surface area contributed by atoms with Crippen LogP contribution in [0.25, 0.3) is 243 Å². The first-order chi connectivity index (χ1) is 65.4. The summed E-state index contributed by atoms with van der Waals surface area (Å²) in [6.45, 7) is 0. The number of furan rings is 1. The van der Waals surface area contributed by atoms with Gasteiger partial charge in [0, 0.05) is 192 Å². The second-order valence-electron chi connectivity index (χ2n) is 34.2. The summed E-state index contributed by atoms with van der Waals surface area (Å²) >= 11 is 3.76. The summed E-state index contributed by atoms with van der Waals surface area (Å²) in [4.78, 5) is 0. The maximum atomic E-state index is 6.13. The molecule has 10 heterocycles. The number of aryl methyl sites for hydroxylation is 2. The van der Waals surface area contributed by atoms with E-state index in [-0.39, 0.29) is 0 Å². The predicted octanol–water partition coefficient (Wildman–Crippen LogP) is 33.8. The van der Waals surface area contributed by atoms with Crippen LogP contribution in [-0.4, -0.2) is 32.0 Å². The summed E-state index contributed by atoms with van der Waals surface area (Å²) in [6.07, 6.45) is 0. The fraction of sp³-hybridized carbons (Fsp3) is 0.0164. The third kappa shape index (κ3) is 12.2. The first-order valence-corrected chi connectivity index (χ1v) is 46.6. The van der Waals surface area contributed by atoms with E-state index in [4.69, 9.17) is 4.42 Å². The Hall–Kier alpha value is -16.8. The number of rotatable bonds is 5. The van der Waals surface area contributed by atoms with Crippen molar-refractivity contribution in [2.75, 3.05) is 0 Å². The van der Waals surface area contributed by atoms with Crippen molar-refractivity contribution in [2.24, 2.45) is 14.1 Å². The summed E-state index contributed by atoms with van der Waals surface area (Å²) in [5, 5.41) is 26.1. The van der Waals surface area contributed by atoms with Gasteiger partial charge >= 0.3 is 0 Å². The Kier molecular flexibility index (Phi) is 18.0. The molecule has 622 valence electrons. The van der Waals surface area contributed by atoms with Gasteiger partial charge in [-0.05, 0) is 176 Å². The highest BCUT2D eigenvalue weighted by Gasteiger charge is 2.24. The number of benzene rings is 20. The van der Waals surface area contributed by atoms with Gasteiger partial charge in [-0.15, -0.1) is 22.7 Å². The third-order valence-electron chi connectivity index (χ3n) is 27.0. The number of nitrogens with zero attached hydrogens (tertiary/aromatic N) is 7. The zero-order chi connectivity index (χ0) is 87.2. The van der Waals surface area contributed by atoms with Crippen molar-refractivity contribution in [1.29, 1.82) is 0 Å². The minimum Gasteiger partial charge on any atom is -0.456 e. The molecule has 0 aliphatic carbocycles. The predicted molar refractivity (Wildman–Crippen MR) is 565 cm³/mol. The van der Waals surface area contributed by atoms with E-state index in [1.165, 1.54) is 227 Å². The van der Waals surface area contributed by atoms with E-state index in [0.29, 0.717) is 0 Å². The van der Waals surface area contributed by atoms with Gasteiger partial charge in [0.15, 0.2) is 0 Å². The summed E-state index contributed by atoms with van der Waals surface area (Å²) < 4.78 is 28.0. The lowest BCUT2D eigenvalue weighted by Crippen LogP contribution is -1.95. The summed E-state index contributed by atoms with van der Waals surface area (Å²) in [5.74, 6) is 0. The van der Waals surface area contributed by atoms with Crippen molar-refractivity contribution in [3.8, 4) is 28.4 Å². The Bertz CT molecular complexity index is 9470. The van der Waals surface area contributed by atoms with Gasteiger partial charge in [-0.25, -0.2) is 0 Å². The molecule has 0 saturated carbocycles. The van der Waals surface area contributed by atoms with E-state index in [1.54, 1.807) is 0 Å². The highest BCUT2D eigenvalue weighted by atomic mass is 32.1. The summed E-state index contributed by atoms with van der Waals surface area (Å²) in [6, 6.07) is 163. The molecule has 132 heavy (non-hydrogen) atoms. The Morgan fingerprint density at radius 1 is 0.152 bits per heavy atom. The molecule has 0 bridgehead atoms. The first-order valence-electron chi connectivity index (χ1n) is 45.0. The molecule has 0 unspecified atom stereocenters. The molecule has 0 atom stereocenters. The maximum absolute atomic E-state index is 6.13. The Morgan fingerprint density at radius 3 is 0.879 bits per heavy atom. The van der Waals surface area contributed by atoms with E-state index in [0.717, 1.165) is 16.9 Å². The van der Waals surface area contributed by atoms with Gasteiger partial charge in [-0.3, -0.25) is 0 Å². The quantitative estimate of drug-likeness (QED) is 0.169. The third-order valence-corrected chi connectivity index (χ3v) is 29.3. The van der Waals surface area contributed by atoms with Crippen molar-refractivity contribution in [3.63, 3.8) is 0 Å². The van der Waals surface area contributed by atoms with E-state index in [1.807, 2.05) is 34.8 Å². The van der Waals surface area contributed by atoms with Gasteiger partial charge in [-0.1, -0.05) is 273 Å². The van der Waals surface area contributed by atoms with Crippen LogP contribution in [0.5, 0.6) is 0 Å². The molecular formula is C122H81N7OS2. The van der Waals surface area contributed by atoms with Gasteiger partial charge in [0.25, 0.3) is 0 Å². The van der Waals surface area contributed by atoms with Gasteiger partial charge < -0.3 is 36.4 Å². The standard InChI is InChI=1S/C30H20N2.C25H18N2.C24H15NO.C24H15NS.C19H13NS/c1-3-11-21(12-4-1)31-27-17-9-7-15-23(27)25-19-26-24-16-8-10-18-28(24)32(30(26)20-29(25)31)22-13-5-2-6-14-22;1-26-22-13-7-5-11-18(22)20-15-21-19-12-6-8-14-23(19)27(25(21)16-24(20)26)17-9-3-2-4-10-17;2*1-2-8-16(9-3-1)25-21-12-6-4-10-17(21)19-14-20-18-11-5-7-13-23(18)26-24(20)15-22(19)25;1-20-14-8-4-2-6-12(14)18-15(20)10-11-17-19(18)13-7-3-5-9-16(13)21-17/h1-20H;2-16H,1H3;2*1-15H;2-11H,1H3. The minimum absolute atomic E-state index is 0.929. The summed E-state index contributed by atoms with van der Waals surface area (Å²) in [7, 11) is 4.32. The van der Waals surface area contributed by atoms with E-state index < -0.39 is 0 Å². The largest absolute Gasteiger partial charge is 0.456 e. The van der Waals surface area contributed by atoms with Crippen LogP contribution >= 0.6 is 22.7 Å². The highest BCUT2D eigenvalue weighted by molar-refractivity contribution is 7.26. The molecule has 0 aliphatic heterocycles. The second-order valence-corrected chi connectivity index (χ2v) is 36.4. The topological polar surface area (TPSA) is 47.6 Å². The van der Waals surface area contributed by atoms with Crippen LogP contribution in [0.15, 0.2) is 459 Å². The second kappa shape index (κ2) is 31.0. The average Bonchev–Trinajstić information content (AvgIpc) is 1.57. The number of hydrogen-bond donors (Lipinski definition) is 0. The smallest absolute Gasteiger partial charge is 0.137 e. The van der Waals surface area contributed by atoms with E-state index in [2.05, 4.69) is 489 Å². The number of aromatic nitrogens is 7. The molecule has 0 amide bonds. The molecule has 30 rings (SSSR count). The van der Waals surface area contributed by atoms with Crippen LogP contribution in [0.3, 0.4) is 0 Å². The lowest BCUT2D eigenvalue weighted by molar-refractivity contribution is 0.669. The molecule has 0 radical (unpaired) electrons. The van der Waals surface area contributed by atoms with Crippen molar-refractivity contribution in [3.05, 3.63) is 455 Å². The zero-order valence-corrected chi connectivity index (χ0v) is 73.8. The van der Waals surface area contributed by atoms with Crippen molar-refractivity contribution >= 4 is 238 Å². The minimum atomic E-state index is 0.929. The molecule has 0 N–H and O–H groups in total. The highest BCUT2D eigenvalue weighted by Crippen LogP contribution is 2.47. The molecule has 8 nitrogen and oxygen atoms in total. The number of hydrogen-bond acceptors (Lipinski definition) is 3. The number of thiophene rings is 2.